The van der Waals surface area contributed by atoms with E-state index in [0.717, 1.165) is 0 Å². The highest BCUT2D eigenvalue weighted by Gasteiger charge is 2.38. The molecule has 0 radical (unpaired) electrons. The molecule has 0 aliphatic heterocycles. The van der Waals surface area contributed by atoms with Gasteiger partial charge in [-0.05, 0) is 70.7 Å². The van der Waals surface area contributed by atoms with Gasteiger partial charge in [0.15, 0.2) is 0 Å². The maximum Gasteiger partial charge on any atom is -0.0134 e. The molecule has 0 unspecified atom stereocenters. The van der Waals surface area contributed by atoms with Crippen molar-refractivity contribution < 1.29 is 0 Å². The molecule has 0 atom stereocenters. The molecule has 0 saturated carbocycles. The summed E-state index contributed by atoms with van der Waals surface area (Å²) in [5, 5.41) is 10.4. The molecule has 0 amide bonds. The molecule has 0 aliphatic carbocycles. The predicted molar refractivity (Wildman–Crippen MR) is 223 cm³/mol. The largest absolute Gasteiger partial charge is 0.0643 e. The SMILES string of the molecule is CC(C)(C)P(c1ccc(P(c2ccc(P(C(C)(C)C)C(C)(C)C)cc2)c2ccc(P(C(C)(C)C)C(C)(C)C)cc2)cc1)C(C)(C)C. The molecular formula is C42H66P4. The van der Waals surface area contributed by atoms with Gasteiger partial charge in [-0.2, -0.15) is 0 Å². The number of hydrogen-bond donors (Lipinski definition) is 0. The highest BCUT2D eigenvalue weighted by Crippen LogP contribution is 2.60. The highest BCUT2D eigenvalue weighted by molar-refractivity contribution is 7.80. The van der Waals surface area contributed by atoms with Gasteiger partial charge in [-0.3, -0.25) is 0 Å². The zero-order valence-corrected chi connectivity index (χ0v) is 36.3. The Bertz CT molecular complexity index is 1190. The van der Waals surface area contributed by atoms with E-state index in [0.29, 0.717) is 0 Å². The van der Waals surface area contributed by atoms with E-state index < -0.39 is 7.92 Å². The molecular weight excluding hydrogens is 628 g/mol. The molecule has 0 saturated heterocycles. The van der Waals surface area contributed by atoms with Gasteiger partial charge in [0.25, 0.3) is 0 Å². The number of benzene rings is 3. The van der Waals surface area contributed by atoms with Crippen molar-refractivity contribution in [3.63, 3.8) is 0 Å². The first-order valence-corrected chi connectivity index (χ1v) is 22.5. The highest BCUT2D eigenvalue weighted by atomic mass is 31.1. The Labute approximate surface area is 290 Å². The first-order valence-electron chi connectivity index (χ1n) is 17.1. The van der Waals surface area contributed by atoms with Gasteiger partial charge < -0.3 is 0 Å². The molecule has 0 nitrogen and oxygen atoms in total. The lowest BCUT2D eigenvalue weighted by atomic mass is 10.2. The van der Waals surface area contributed by atoms with E-state index in [2.05, 4.69) is 197 Å². The predicted octanol–water partition coefficient (Wildman–Crippen LogP) is 11.6. The summed E-state index contributed by atoms with van der Waals surface area (Å²) in [6.45, 7) is 43.5. The monoisotopic (exact) mass is 694 g/mol. The third kappa shape index (κ3) is 9.75. The molecule has 0 aliphatic rings. The molecule has 0 heterocycles. The van der Waals surface area contributed by atoms with Crippen LogP contribution in [0.25, 0.3) is 0 Å². The van der Waals surface area contributed by atoms with Gasteiger partial charge in [0.05, 0.1) is 0 Å². The van der Waals surface area contributed by atoms with E-state index in [9.17, 15) is 0 Å². The van der Waals surface area contributed by atoms with Gasteiger partial charge in [0.2, 0.25) is 0 Å². The molecule has 3 aromatic carbocycles. The Hall–Kier alpha value is -0.620. The van der Waals surface area contributed by atoms with E-state index in [1.807, 2.05) is 0 Å². The third-order valence-corrected chi connectivity index (χ3v) is 21.1. The normalized spacial score (nSPS) is 14.2. The lowest BCUT2D eigenvalue weighted by Crippen LogP contribution is -2.32. The van der Waals surface area contributed by atoms with Crippen LogP contribution < -0.4 is 31.8 Å². The smallest absolute Gasteiger partial charge is 0.0134 e. The van der Waals surface area contributed by atoms with Gasteiger partial charge in [0, 0.05) is 0 Å². The topological polar surface area (TPSA) is 0 Å². The average molecular weight is 695 g/mol. The fourth-order valence-corrected chi connectivity index (χ4v) is 22.3. The van der Waals surface area contributed by atoms with Crippen molar-refractivity contribution in [1.29, 1.82) is 0 Å². The summed E-state index contributed by atoms with van der Waals surface area (Å²) < 4.78 is 0. The van der Waals surface area contributed by atoms with E-state index in [4.69, 9.17) is 0 Å². The van der Waals surface area contributed by atoms with Crippen LogP contribution in [-0.2, 0) is 0 Å². The fraction of sp³-hybridized carbons (Fsp3) is 0.571. The summed E-state index contributed by atoms with van der Waals surface area (Å²) in [7, 11) is -1.69. The third-order valence-electron chi connectivity index (χ3n) is 8.12. The minimum absolute atomic E-state index is 0.252. The summed E-state index contributed by atoms with van der Waals surface area (Å²) >= 11 is 0. The summed E-state index contributed by atoms with van der Waals surface area (Å²) in [6.07, 6.45) is 0. The first-order chi connectivity index (χ1) is 20.6. The molecule has 0 spiro atoms. The molecule has 0 bridgehead atoms. The van der Waals surface area contributed by atoms with Crippen LogP contribution in [0.4, 0.5) is 0 Å². The Kier molecular flexibility index (Phi) is 12.1. The average Bonchev–Trinajstić information content (AvgIpc) is 2.82. The van der Waals surface area contributed by atoms with Crippen molar-refractivity contribution in [2.75, 3.05) is 0 Å². The number of rotatable bonds is 6. The molecule has 3 rings (SSSR count). The standard InChI is InChI=1S/C42H66P4/c1-37(2,3)44(38(4,5)6)34-25-19-31(20-26-34)43(32-21-27-35(28-22-32)45(39(7,8)9)40(10,11)12)33-23-29-36(30-24-33)46(41(13,14)15)42(16,17)18/h19-30H,1-18H3. The summed E-state index contributed by atoms with van der Waals surface area (Å²) in [4.78, 5) is 0. The lowest BCUT2D eigenvalue weighted by molar-refractivity contribution is 0.714. The number of hydrogen-bond acceptors (Lipinski definition) is 0. The molecule has 3 aromatic rings. The van der Waals surface area contributed by atoms with Crippen LogP contribution >= 0.6 is 31.7 Å². The lowest BCUT2D eigenvalue weighted by Gasteiger charge is -2.42. The van der Waals surface area contributed by atoms with E-state index in [-0.39, 0.29) is 54.7 Å². The maximum absolute atomic E-state index is 2.46. The Morgan fingerprint density at radius 2 is 0.370 bits per heavy atom. The van der Waals surface area contributed by atoms with Crippen LogP contribution in [0.3, 0.4) is 0 Å². The Balaban J connectivity index is 2.19. The molecule has 0 N–H and O–H groups in total. The van der Waals surface area contributed by atoms with Crippen molar-refractivity contribution in [2.24, 2.45) is 0 Å². The van der Waals surface area contributed by atoms with Crippen molar-refractivity contribution in [3.05, 3.63) is 72.8 Å². The second-order valence-electron chi connectivity index (χ2n) is 18.9. The molecule has 0 aromatic heterocycles. The molecule has 46 heavy (non-hydrogen) atoms. The quantitative estimate of drug-likeness (QED) is 0.225. The van der Waals surface area contributed by atoms with Crippen molar-refractivity contribution in [3.8, 4) is 0 Å². The van der Waals surface area contributed by atoms with Gasteiger partial charge in [-0.15, -0.1) is 0 Å². The molecule has 254 valence electrons. The molecule has 0 fully saturated rings. The van der Waals surface area contributed by atoms with Crippen LogP contribution in [0.2, 0.25) is 0 Å². The zero-order valence-electron chi connectivity index (χ0n) is 32.7. The van der Waals surface area contributed by atoms with E-state index >= 15 is 0 Å². The van der Waals surface area contributed by atoms with Crippen LogP contribution in [0.1, 0.15) is 125 Å². The zero-order chi connectivity index (χ0) is 35.3. The van der Waals surface area contributed by atoms with Crippen LogP contribution in [-0.4, -0.2) is 30.9 Å². The fourth-order valence-electron chi connectivity index (χ4n) is 8.04. The Morgan fingerprint density at radius 3 is 0.500 bits per heavy atom. The summed E-state index contributed by atoms with van der Waals surface area (Å²) in [5.74, 6) is 0. The molecule has 4 heteroatoms. The van der Waals surface area contributed by atoms with Crippen molar-refractivity contribution in [1.82, 2.24) is 0 Å². The van der Waals surface area contributed by atoms with Crippen molar-refractivity contribution in [2.45, 2.75) is 156 Å². The van der Waals surface area contributed by atoms with Gasteiger partial charge in [-0.25, -0.2) is 0 Å². The van der Waals surface area contributed by atoms with Gasteiger partial charge in [0.1, 0.15) is 0 Å². The Morgan fingerprint density at radius 1 is 0.239 bits per heavy atom. The first kappa shape index (κ1) is 39.8. The van der Waals surface area contributed by atoms with Crippen LogP contribution in [0.15, 0.2) is 72.8 Å². The minimum Gasteiger partial charge on any atom is -0.0643 e. The maximum atomic E-state index is 2.46. The van der Waals surface area contributed by atoms with Gasteiger partial charge in [-0.1, -0.05) is 221 Å². The second kappa shape index (κ2) is 13.9. The van der Waals surface area contributed by atoms with Crippen molar-refractivity contribution >= 4 is 63.5 Å². The summed E-state index contributed by atoms with van der Waals surface area (Å²) in [6, 6.07) is 29.6. The van der Waals surface area contributed by atoms with Crippen LogP contribution in [0, 0.1) is 0 Å². The second-order valence-corrected chi connectivity index (χ2v) is 32.7. The van der Waals surface area contributed by atoms with Crippen LogP contribution in [0.5, 0.6) is 0 Å². The van der Waals surface area contributed by atoms with Gasteiger partial charge >= 0.3 is 0 Å². The minimum atomic E-state index is -0.688. The van der Waals surface area contributed by atoms with E-state index in [1.54, 1.807) is 0 Å². The van der Waals surface area contributed by atoms with E-state index in [1.165, 1.54) is 31.8 Å². The summed E-state index contributed by atoms with van der Waals surface area (Å²) in [5.41, 5.74) is 0.